The molecule has 19 heavy (non-hydrogen) atoms. The Labute approximate surface area is 124 Å². The van der Waals surface area contributed by atoms with Crippen LogP contribution in [0.5, 0.6) is 0 Å². The molecule has 2 N–H and O–H groups in total. The van der Waals surface area contributed by atoms with Crippen LogP contribution in [0.1, 0.15) is 22.9 Å². The molecular formula is C14H11Cl2NOS. The molecule has 98 valence electrons. The average Bonchev–Trinajstić information content (AvgIpc) is 2.94. The van der Waals surface area contributed by atoms with Gasteiger partial charge in [0.05, 0.1) is 10.4 Å². The number of thiophene rings is 1. The molecule has 1 atom stereocenters. The van der Waals surface area contributed by atoms with Crippen LogP contribution in [0, 0.1) is 6.92 Å². The second-order valence-electron chi connectivity index (χ2n) is 4.39. The van der Waals surface area contributed by atoms with E-state index >= 15 is 0 Å². The fourth-order valence-corrected chi connectivity index (χ4v) is 3.25. The molecule has 0 spiro atoms. The van der Waals surface area contributed by atoms with Crippen LogP contribution in [0.2, 0.25) is 9.36 Å². The minimum Gasteiger partial charge on any atom is -0.459 e. The zero-order valence-electron chi connectivity index (χ0n) is 10.1. The molecule has 2 heterocycles. The van der Waals surface area contributed by atoms with Gasteiger partial charge in [-0.15, -0.1) is 11.3 Å². The van der Waals surface area contributed by atoms with E-state index in [4.69, 9.17) is 33.4 Å². The topological polar surface area (TPSA) is 39.2 Å². The van der Waals surface area contributed by atoms with Crippen LogP contribution in [0.15, 0.2) is 34.1 Å². The summed E-state index contributed by atoms with van der Waals surface area (Å²) in [7, 11) is 0. The van der Waals surface area contributed by atoms with Crippen molar-refractivity contribution in [3.8, 4) is 0 Å². The molecule has 3 rings (SSSR count). The highest BCUT2D eigenvalue weighted by molar-refractivity contribution is 7.14. The maximum atomic E-state index is 6.25. The molecule has 0 aliphatic carbocycles. The third-order valence-corrected chi connectivity index (χ3v) is 4.51. The number of aryl methyl sites for hydroxylation is 1. The molecule has 1 aromatic carbocycles. The standard InChI is InChI=1S/C14H11Cl2NOS/c1-7-10-5-9(15)2-3-11(10)18-14(7)13(17)8-4-12(16)19-6-8/h2-6,13H,17H2,1H3. The summed E-state index contributed by atoms with van der Waals surface area (Å²) < 4.78 is 6.58. The van der Waals surface area contributed by atoms with Crippen LogP contribution in [-0.2, 0) is 0 Å². The first-order valence-electron chi connectivity index (χ1n) is 5.74. The molecule has 0 aliphatic rings. The summed E-state index contributed by atoms with van der Waals surface area (Å²) in [6, 6.07) is 7.13. The van der Waals surface area contributed by atoms with Gasteiger partial charge in [-0.3, -0.25) is 0 Å². The van der Waals surface area contributed by atoms with Crippen molar-refractivity contribution in [1.29, 1.82) is 0 Å². The van der Waals surface area contributed by atoms with Gasteiger partial charge in [0.2, 0.25) is 0 Å². The third-order valence-electron chi connectivity index (χ3n) is 3.16. The lowest BCUT2D eigenvalue weighted by Gasteiger charge is -2.07. The number of hydrogen-bond donors (Lipinski definition) is 1. The number of furan rings is 1. The Hall–Kier alpha value is -1.00. The molecular weight excluding hydrogens is 301 g/mol. The first-order chi connectivity index (χ1) is 9.06. The van der Waals surface area contributed by atoms with Gasteiger partial charge in [-0.25, -0.2) is 0 Å². The van der Waals surface area contributed by atoms with Gasteiger partial charge in [-0.05, 0) is 42.1 Å². The van der Waals surface area contributed by atoms with E-state index in [9.17, 15) is 0 Å². The maximum Gasteiger partial charge on any atom is 0.134 e. The molecule has 0 saturated heterocycles. The summed E-state index contributed by atoms with van der Waals surface area (Å²) >= 11 is 13.4. The van der Waals surface area contributed by atoms with Crippen molar-refractivity contribution < 1.29 is 4.42 Å². The van der Waals surface area contributed by atoms with Crippen molar-refractivity contribution in [2.45, 2.75) is 13.0 Å². The minimum absolute atomic E-state index is 0.310. The lowest BCUT2D eigenvalue weighted by atomic mass is 10.0. The van der Waals surface area contributed by atoms with Crippen molar-refractivity contribution >= 4 is 45.5 Å². The minimum atomic E-state index is -0.310. The van der Waals surface area contributed by atoms with Crippen LogP contribution < -0.4 is 5.73 Å². The van der Waals surface area contributed by atoms with Gasteiger partial charge in [0, 0.05) is 16.0 Å². The molecule has 0 bridgehead atoms. The average molecular weight is 312 g/mol. The van der Waals surface area contributed by atoms with Crippen molar-refractivity contribution in [3.05, 3.63) is 55.9 Å². The SMILES string of the molecule is Cc1c(C(N)c2csc(Cl)c2)oc2ccc(Cl)cc12. The second-order valence-corrected chi connectivity index (χ2v) is 6.37. The summed E-state index contributed by atoms with van der Waals surface area (Å²) in [5, 5.41) is 3.64. The molecule has 0 fully saturated rings. The number of halogens is 2. The number of hydrogen-bond acceptors (Lipinski definition) is 3. The summed E-state index contributed by atoms with van der Waals surface area (Å²) in [5.41, 5.74) is 9.04. The number of nitrogens with two attached hydrogens (primary N) is 1. The van der Waals surface area contributed by atoms with Gasteiger partial charge in [-0.1, -0.05) is 23.2 Å². The Morgan fingerprint density at radius 2 is 2.05 bits per heavy atom. The highest BCUT2D eigenvalue weighted by Crippen LogP contribution is 2.34. The van der Waals surface area contributed by atoms with E-state index in [2.05, 4.69) is 0 Å². The largest absolute Gasteiger partial charge is 0.459 e. The molecule has 0 amide bonds. The fraction of sp³-hybridized carbons (Fsp3) is 0.143. The quantitative estimate of drug-likeness (QED) is 0.710. The Balaban J connectivity index is 2.12. The number of benzene rings is 1. The molecule has 2 nitrogen and oxygen atoms in total. The molecule has 1 unspecified atom stereocenters. The van der Waals surface area contributed by atoms with Crippen molar-refractivity contribution in [2.75, 3.05) is 0 Å². The summed E-state index contributed by atoms with van der Waals surface area (Å²) in [4.78, 5) is 0. The number of fused-ring (bicyclic) bond motifs is 1. The van der Waals surface area contributed by atoms with Crippen LogP contribution in [0.3, 0.4) is 0 Å². The number of rotatable bonds is 2. The molecule has 0 aliphatic heterocycles. The predicted octanol–water partition coefficient (Wildman–Crippen LogP) is 5.16. The van der Waals surface area contributed by atoms with E-state index < -0.39 is 0 Å². The maximum absolute atomic E-state index is 6.25. The van der Waals surface area contributed by atoms with Gasteiger partial charge in [0.1, 0.15) is 11.3 Å². The fourth-order valence-electron chi connectivity index (χ4n) is 2.15. The molecule has 3 aromatic rings. The van der Waals surface area contributed by atoms with E-state index in [1.165, 1.54) is 11.3 Å². The molecule has 2 aromatic heterocycles. The predicted molar refractivity (Wildman–Crippen MR) is 81.3 cm³/mol. The van der Waals surface area contributed by atoms with Gasteiger partial charge < -0.3 is 10.2 Å². The highest BCUT2D eigenvalue weighted by Gasteiger charge is 2.19. The first kappa shape index (κ1) is 13.0. The van der Waals surface area contributed by atoms with E-state index in [0.29, 0.717) is 5.02 Å². The molecule has 5 heteroatoms. The Morgan fingerprint density at radius 3 is 2.74 bits per heavy atom. The zero-order valence-corrected chi connectivity index (χ0v) is 12.4. The van der Waals surface area contributed by atoms with Gasteiger partial charge in [-0.2, -0.15) is 0 Å². The second kappa shape index (κ2) is 4.84. The summed E-state index contributed by atoms with van der Waals surface area (Å²) in [6.45, 7) is 1.99. The first-order valence-corrected chi connectivity index (χ1v) is 7.38. The third kappa shape index (κ3) is 2.28. The smallest absolute Gasteiger partial charge is 0.134 e. The van der Waals surface area contributed by atoms with Gasteiger partial charge >= 0.3 is 0 Å². The van der Waals surface area contributed by atoms with E-state index in [0.717, 1.165) is 32.2 Å². The van der Waals surface area contributed by atoms with Crippen LogP contribution in [-0.4, -0.2) is 0 Å². The molecule has 0 radical (unpaired) electrons. The highest BCUT2D eigenvalue weighted by atomic mass is 35.5. The van der Waals surface area contributed by atoms with Crippen LogP contribution in [0.4, 0.5) is 0 Å². The van der Waals surface area contributed by atoms with Crippen LogP contribution in [0.25, 0.3) is 11.0 Å². The van der Waals surface area contributed by atoms with Crippen molar-refractivity contribution in [1.82, 2.24) is 0 Å². The summed E-state index contributed by atoms with van der Waals surface area (Å²) in [5.74, 6) is 0.756. The monoisotopic (exact) mass is 311 g/mol. The van der Waals surface area contributed by atoms with E-state index in [1.807, 2.05) is 36.6 Å². The lowest BCUT2D eigenvalue weighted by Crippen LogP contribution is -2.10. The van der Waals surface area contributed by atoms with E-state index in [1.54, 1.807) is 0 Å². The zero-order chi connectivity index (χ0) is 13.6. The van der Waals surface area contributed by atoms with Crippen molar-refractivity contribution in [2.24, 2.45) is 5.73 Å². The normalized spacial score (nSPS) is 13.1. The Bertz CT molecular complexity index is 747. The lowest BCUT2D eigenvalue weighted by molar-refractivity contribution is 0.521. The molecule has 0 saturated carbocycles. The Morgan fingerprint density at radius 1 is 1.26 bits per heavy atom. The Kier molecular flexibility index (Phi) is 3.31. The van der Waals surface area contributed by atoms with E-state index in [-0.39, 0.29) is 6.04 Å². The van der Waals surface area contributed by atoms with Crippen molar-refractivity contribution in [3.63, 3.8) is 0 Å². The van der Waals surface area contributed by atoms with Crippen LogP contribution >= 0.6 is 34.5 Å². The van der Waals surface area contributed by atoms with Gasteiger partial charge in [0.15, 0.2) is 0 Å². The van der Waals surface area contributed by atoms with Gasteiger partial charge in [0.25, 0.3) is 0 Å². The summed E-state index contributed by atoms with van der Waals surface area (Å²) in [6.07, 6.45) is 0.